The molecule has 20 heavy (non-hydrogen) atoms. The third-order valence-corrected chi connectivity index (χ3v) is 4.54. The molecule has 0 amide bonds. The van der Waals surface area contributed by atoms with Gasteiger partial charge in [0.15, 0.2) is 5.16 Å². The first kappa shape index (κ1) is 13.2. The van der Waals surface area contributed by atoms with Crippen LogP contribution in [0.15, 0.2) is 35.6 Å². The fourth-order valence-electron chi connectivity index (χ4n) is 2.66. The summed E-state index contributed by atoms with van der Waals surface area (Å²) >= 11 is 1.29. The van der Waals surface area contributed by atoms with Crippen molar-refractivity contribution < 1.29 is 9.90 Å². The Balaban J connectivity index is 1.74. The molecule has 1 heterocycles. The average molecular weight is 288 g/mol. The second kappa shape index (κ2) is 5.32. The lowest BCUT2D eigenvalue weighted by atomic mass is 9.77. The lowest BCUT2D eigenvalue weighted by Crippen LogP contribution is -2.22. The molecule has 1 aromatic carbocycles. The van der Waals surface area contributed by atoms with E-state index in [4.69, 9.17) is 5.11 Å². The number of carbonyl (C=O) groups is 1. The third kappa shape index (κ3) is 2.58. The summed E-state index contributed by atoms with van der Waals surface area (Å²) in [6.45, 7) is 2.82. The number of rotatable bonds is 5. The molecule has 0 saturated heterocycles. The maximum absolute atomic E-state index is 10.7. The van der Waals surface area contributed by atoms with Crippen molar-refractivity contribution in [3.63, 3.8) is 0 Å². The molecule has 0 spiro atoms. The molecular weight excluding hydrogens is 272 g/mol. The fraction of sp³-hybridized carbons (Fsp3) is 0.333. The van der Waals surface area contributed by atoms with E-state index in [1.165, 1.54) is 22.9 Å². The van der Waals surface area contributed by atoms with Crippen LogP contribution in [0.1, 0.15) is 22.7 Å². The highest BCUT2D eigenvalue weighted by Gasteiger charge is 2.26. The fourth-order valence-corrected chi connectivity index (χ4v) is 3.41. The number of carboxylic acid groups (broad SMARTS) is 1. The number of hydrogen-bond donors (Lipinski definition) is 1. The molecule has 0 fully saturated rings. The van der Waals surface area contributed by atoms with Crippen LogP contribution in [0.25, 0.3) is 0 Å². The number of thioether (sulfide) groups is 1. The van der Waals surface area contributed by atoms with Crippen LogP contribution in [-0.4, -0.2) is 26.4 Å². The van der Waals surface area contributed by atoms with E-state index >= 15 is 0 Å². The molecule has 0 aliphatic heterocycles. The number of carboxylic acids is 1. The van der Waals surface area contributed by atoms with Gasteiger partial charge in [-0.3, -0.25) is 4.79 Å². The van der Waals surface area contributed by atoms with Gasteiger partial charge in [-0.15, -0.1) is 0 Å². The zero-order valence-electron chi connectivity index (χ0n) is 11.2. The molecule has 1 N–H and O–H groups in total. The minimum absolute atomic E-state index is 0.0533. The van der Waals surface area contributed by atoms with E-state index < -0.39 is 5.97 Å². The Morgan fingerprint density at radius 3 is 3.05 bits per heavy atom. The Morgan fingerprint density at radius 2 is 2.30 bits per heavy atom. The van der Waals surface area contributed by atoms with Crippen LogP contribution >= 0.6 is 11.8 Å². The van der Waals surface area contributed by atoms with Gasteiger partial charge in [-0.25, -0.2) is 4.98 Å². The number of fused-ring (bicyclic) bond motifs is 1. The maximum atomic E-state index is 10.7. The number of imidazole rings is 1. The Labute approximate surface area is 121 Å². The van der Waals surface area contributed by atoms with Gasteiger partial charge < -0.3 is 9.67 Å². The van der Waals surface area contributed by atoms with E-state index in [-0.39, 0.29) is 5.75 Å². The molecule has 1 aliphatic rings. The summed E-state index contributed by atoms with van der Waals surface area (Å²) in [7, 11) is 0. The lowest BCUT2D eigenvalue weighted by molar-refractivity contribution is -0.133. The van der Waals surface area contributed by atoms with Gasteiger partial charge in [0.25, 0.3) is 0 Å². The Hall–Kier alpha value is -1.75. The molecule has 0 radical (unpaired) electrons. The summed E-state index contributed by atoms with van der Waals surface area (Å²) in [5.74, 6) is -0.238. The smallest absolute Gasteiger partial charge is 0.313 e. The molecule has 1 aromatic heterocycles. The summed E-state index contributed by atoms with van der Waals surface area (Å²) in [6, 6.07) is 8.50. The van der Waals surface area contributed by atoms with Gasteiger partial charge in [-0.1, -0.05) is 36.0 Å². The van der Waals surface area contributed by atoms with E-state index in [1.54, 1.807) is 0 Å². The molecule has 2 aromatic rings. The van der Waals surface area contributed by atoms with Gasteiger partial charge in [0.2, 0.25) is 0 Å². The van der Waals surface area contributed by atoms with E-state index in [9.17, 15) is 4.79 Å². The zero-order valence-corrected chi connectivity index (χ0v) is 12.1. The average Bonchev–Trinajstić information content (AvgIpc) is 2.74. The normalized spacial score (nSPS) is 16.6. The quantitative estimate of drug-likeness (QED) is 0.860. The largest absolute Gasteiger partial charge is 0.481 e. The van der Waals surface area contributed by atoms with E-state index in [0.29, 0.717) is 5.92 Å². The van der Waals surface area contributed by atoms with Crippen LogP contribution in [0.3, 0.4) is 0 Å². The van der Waals surface area contributed by atoms with Crippen molar-refractivity contribution in [1.29, 1.82) is 0 Å². The number of aryl methyl sites for hydroxylation is 1. The number of aromatic nitrogens is 2. The standard InChI is InChI=1S/C15H16N2O2S/c1-10-7-17(15(16-10)20-9-14(18)19)8-12-6-11-4-2-3-5-13(11)12/h2-5,7,12H,6,8-9H2,1H3,(H,18,19). The summed E-state index contributed by atoms with van der Waals surface area (Å²) in [4.78, 5) is 15.1. The van der Waals surface area contributed by atoms with E-state index in [0.717, 1.165) is 23.8 Å². The van der Waals surface area contributed by atoms with Crippen molar-refractivity contribution in [2.24, 2.45) is 0 Å². The van der Waals surface area contributed by atoms with Crippen molar-refractivity contribution >= 4 is 17.7 Å². The highest BCUT2D eigenvalue weighted by Crippen LogP contribution is 2.36. The summed E-state index contributed by atoms with van der Waals surface area (Å²) < 4.78 is 2.09. The highest BCUT2D eigenvalue weighted by molar-refractivity contribution is 7.99. The van der Waals surface area contributed by atoms with Crippen molar-refractivity contribution in [2.75, 3.05) is 5.75 Å². The van der Waals surface area contributed by atoms with Crippen LogP contribution in [0, 0.1) is 6.92 Å². The Kier molecular flexibility index (Phi) is 3.53. The predicted octanol–water partition coefficient (Wildman–Crippen LogP) is 2.71. The Morgan fingerprint density at radius 1 is 1.50 bits per heavy atom. The first-order chi connectivity index (χ1) is 9.63. The number of benzene rings is 1. The SMILES string of the molecule is Cc1cn(CC2Cc3ccccc32)c(SCC(=O)O)n1. The molecule has 1 unspecified atom stereocenters. The number of nitrogens with zero attached hydrogens (tertiary/aromatic N) is 2. The third-order valence-electron chi connectivity index (χ3n) is 3.56. The number of aliphatic carboxylic acids is 1. The molecule has 0 saturated carbocycles. The summed E-state index contributed by atoms with van der Waals surface area (Å²) in [5, 5.41) is 9.58. The van der Waals surface area contributed by atoms with E-state index in [1.807, 2.05) is 13.1 Å². The Bertz CT molecular complexity index is 651. The van der Waals surface area contributed by atoms with Crippen LogP contribution in [-0.2, 0) is 17.8 Å². The van der Waals surface area contributed by atoms with Gasteiger partial charge in [-0.05, 0) is 24.5 Å². The highest BCUT2D eigenvalue weighted by atomic mass is 32.2. The molecular formula is C15H16N2O2S. The van der Waals surface area contributed by atoms with Crippen LogP contribution in [0.2, 0.25) is 0 Å². The van der Waals surface area contributed by atoms with Gasteiger partial charge in [0.05, 0.1) is 11.4 Å². The summed E-state index contributed by atoms with van der Waals surface area (Å²) in [6.07, 6.45) is 3.10. The van der Waals surface area contributed by atoms with Gasteiger partial charge >= 0.3 is 5.97 Å². The van der Waals surface area contributed by atoms with Crippen LogP contribution in [0.4, 0.5) is 0 Å². The molecule has 0 bridgehead atoms. The lowest BCUT2D eigenvalue weighted by Gasteiger charge is -2.30. The monoisotopic (exact) mass is 288 g/mol. The van der Waals surface area contributed by atoms with Gasteiger partial charge in [-0.2, -0.15) is 0 Å². The second-order valence-corrected chi connectivity index (χ2v) is 6.04. The minimum Gasteiger partial charge on any atom is -0.481 e. The predicted molar refractivity (Wildman–Crippen MR) is 78.2 cm³/mol. The first-order valence-electron chi connectivity index (χ1n) is 6.59. The van der Waals surface area contributed by atoms with Crippen molar-refractivity contribution in [3.8, 4) is 0 Å². The van der Waals surface area contributed by atoms with Gasteiger partial charge in [0, 0.05) is 18.7 Å². The molecule has 1 aliphatic carbocycles. The molecule has 1 atom stereocenters. The van der Waals surface area contributed by atoms with Crippen LogP contribution < -0.4 is 0 Å². The molecule has 5 heteroatoms. The minimum atomic E-state index is -0.809. The van der Waals surface area contributed by atoms with E-state index in [2.05, 4.69) is 33.8 Å². The van der Waals surface area contributed by atoms with Crippen molar-refractivity contribution in [2.45, 2.75) is 31.0 Å². The second-order valence-electron chi connectivity index (χ2n) is 5.10. The number of hydrogen-bond acceptors (Lipinski definition) is 3. The molecule has 104 valence electrons. The molecule has 3 rings (SSSR count). The molecule has 4 nitrogen and oxygen atoms in total. The maximum Gasteiger partial charge on any atom is 0.313 e. The zero-order chi connectivity index (χ0) is 14.1. The summed E-state index contributed by atoms with van der Waals surface area (Å²) in [5.41, 5.74) is 3.77. The van der Waals surface area contributed by atoms with Crippen LogP contribution in [0.5, 0.6) is 0 Å². The van der Waals surface area contributed by atoms with Gasteiger partial charge in [0.1, 0.15) is 0 Å². The first-order valence-corrected chi connectivity index (χ1v) is 7.58. The van der Waals surface area contributed by atoms with Crippen molar-refractivity contribution in [1.82, 2.24) is 9.55 Å². The topological polar surface area (TPSA) is 55.1 Å². The van der Waals surface area contributed by atoms with Crippen molar-refractivity contribution in [3.05, 3.63) is 47.3 Å².